The number of anilines is 1. The van der Waals surface area contributed by atoms with Gasteiger partial charge in [-0.25, -0.2) is 0 Å². The number of ether oxygens (including phenoxy) is 2. The highest BCUT2D eigenvalue weighted by Gasteiger charge is 1.98. The van der Waals surface area contributed by atoms with Crippen molar-refractivity contribution in [1.29, 1.82) is 0 Å². The van der Waals surface area contributed by atoms with Crippen LogP contribution in [0.1, 0.15) is 5.56 Å². The van der Waals surface area contributed by atoms with Crippen molar-refractivity contribution in [2.75, 3.05) is 18.5 Å². The van der Waals surface area contributed by atoms with Gasteiger partial charge in [0.25, 0.3) is 0 Å². The Morgan fingerprint density at radius 2 is 1.36 bits per heavy atom. The summed E-state index contributed by atoms with van der Waals surface area (Å²) in [6.45, 7) is 1.86. The minimum Gasteiger partial charge on any atom is -0.492 e. The molecule has 0 radical (unpaired) electrons. The van der Waals surface area contributed by atoms with Crippen molar-refractivity contribution in [2.24, 2.45) is 0 Å². The number of hydrogen-bond donors (Lipinski definition) is 1. The maximum absolute atomic E-state index is 5.84. The van der Waals surface area contributed by atoms with E-state index in [0.29, 0.717) is 24.8 Å². The topological polar surface area (TPSA) is 30.5 Å². The molecule has 3 aromatic carbocycles. The summed E-state index contributed by atoms with van der Waals surface area (Å²) < 4.78 is 11.4. The molecule has 3 nitrogen and oxygen atoms in total. The molecule has 4 heteroatoms. The summed E-state index contributed by atoms with van der Waals surface area (Å²) in [4.78, 5) is 0. The van der Waals surface area contributed by atoms with E-state index in [1.807, 2.05) is 66.7 Å². The van der Waals surface area contributed by atoms with Crippen LogP contribution in [0.4, 0.5) is 5.69 Å². The Kier molecular flexibility index (Phi) is 6.18. The Morgan fingerprint density at radius 3 is 2.08 bits per heavy atom. The van der Waals surface area contributed by atoms with Crippen molar-refractivity contribution in [3.8, 4) is 11.5 Å². The second-order valence-corrected chi connectivity index (χ2v) is 5.96. The maximum Gasteiger partial charge on any atom is 0.119 e. The van der Waals surface area contributed by atoms with E-state index >= 15 is 0 Å². The Morgan fingerprint density at radius 1 is 0.720 bits per heavy atom. The third-order valence-electron chi connectivity index (χ3n) is 3.62. The molecule has 1 N–H and O–H groups in total. The molecule has 0 aliphatic carbocycles. The second kappa shape index (κ2) is 9.00. The quantitative estimate of drug-likeness (QED) is 0.549. The first-order valence-electron chi connectivity index (χ1n) is 8.19. The van der Waals surface area contributed by atoms with Gasteiger partial charge in [0.2, 0.25) is 0 Å². The van der Waals surface area contributed by atoms with Crippen molar-refractivity contribution in [1.82, 2.24) is 0 Å². The molecule has 0 atom stereocenters. The summed E-state index contributed by atoms with van der Waals surface area (Å²) in [6, 6.07) is 25.4. The van der Waals surface area contributed by atoms with Crippen LogP contribution in [0.5, 0.6) is 11.5 Å². The standard InChI is InChI=1S/C21H20ClNO2/c22-18-6-10-20(11-7-18)24-15-14-23-19-8-12-21(13-9-19)25-16-17-4-2-1-3-5-17/h1-13,23H,14-16H2. The summed E-state index contributed by atoms with van der Waals surface area (Å²) in [5.41, 5.74) is 2.19. The second-order valence-electron chi connectivity index (χ2n) is 5.53. The molecule has 0 bridgehead atoms. The van der Waals surface area contributed by atoms with Crippen molar-refractivity contribution >= 4 is 17.3 Å². The van der Waals surface area contributed by atoms with Gasteiger partial charge in [-0.1, -0.05) is 41.9 Å². The van der Waals surface area contributed by atoms with Gasteiger partial charge in [0.15, 0.2) is 0 Å². The molecule has 0 aliphatic heterocycles. The molecule has 128 valence electrons. The van der Waals surface area contributed by atoms with Gasteiger partial charge in [-0.3, -0.25) is 0 Å². The summed E-state index contributed by atoms with van der Waals surface area (Å²) in [5.74, 6) is 1.67. The lowest BCUT2D eigenvalue weighted by Gasteiger charge is -2.10. The fraction of sp³-hybridized carbons (Fsp3) is 0.143. The molecular formula is C21H20ClNO2. The molecular weight excluding hydrogens is 334 g/mol. The van der Waals surface area contributed by atoms with Crippen molar-refractivity contribution in [2.45, 2.75) is 6.61 Å². The molecule has 0 amide bonds. The third-order valence-corrected chi connectivity index (χ3v) is 3.87. The molecule has 0 aromatic heterocycles. The smallest absolute Gasteiger partial charge is 0.119 e. The molecule has 0 saturated heterocycles. The number of rotatable bonds is 8. The zero-order valence-electron chi connectivity index (χ0n) is 13.8. The highest BCUT2D eigenvalue weighted by atomic mass is 35.5. The lowest BCUT2D eigenvalue weighted by atomic mass is 10.2. The molecule has 0 heterocycles. The summed E-state index contributed by atoms with van der Waals surface area (Å²) in [5, 5.41) is 4.03. The fourth-order valence-corrected chi connectivity index (χ4v) is 2.43. The van der Waals surface area contributed by atoms with Crippen LogP contribution in [0.3, 0.4) is 0 Å². The predicted molar refractivity (Wildman–Crippen MR) is 103 cm³/mol. The summed E-state index contributed by atoms with van der Waals surface area (Å²) in [6.07, 6.45) is 0. The summed E-state index contributed by atoms with van der Waals surface area (Å²) >= 11 is 5.84. The SMILES string of the molecule is Clc1ccc(OCCNc2ccc(OCc3ccccc3)cc2)cc1. The first kappa shape index (κ1) is 17.2. The molecule has 0 fully saturated rings. The Hall–Kier alpha value is -2.65. The molecule has 3 aromatic rings. The minimum absolute atomic E-state index is 0.572. The van der Waals surface area contributed by atoms with E-state index in [9.17, 15) is 0 Å². The van der Waals surface area contributed by atoms with Crippen LogP contribution >= 0.6 is 11.6 Å². The van der Waals surface area contributed by atoms with E-state index in [1.165, 1.54) is 0 Å². The van der Waals surface area contributed by atoms with Gasteiger partial charge in [-0.05, 0) is 54.1 Å². The van der Waals surface area contributed by atoms with Crippen LogP contribution < -0.4 is 14.8 Å². The lowest BCUT2D eigenvalue weighted by Crippen LogP contribution is -2.11. The molecule has 0 unspecified atom stereocenters. The normalized spacial score (nSPS) is 10.3. The third kappa shape index (κ3) is 5.73. The number of halogens is 1. The molecule has 25 heavy (non-hydrogen) atoms. The van der Waals surface area contributed by atoms with E-state index in [0.717, 1.165) is 22.7 Å². The van der Waals surface area contributed by atoms with Crippen molar-refractivity contribution in [3.05, 3.63) is 89.4 Å². The first-order valence-corrected chi connectivity index (χ1v) is 8.56. The molecule has 0 spiro atoms. The highest BCUT2D eigenvalue weighted by Crippen LogP contribution is 2.18. The van der Waals surface area contributed by atoms with Crippen LogP contribution in [0.25, 0.3) is 0 Å². The number of hydrogen-bond acceptors (Lipinski definition) is 3. The summed E-state index contributed by atoms with van der Waals surface area (Å²) in [7, 11) is 0. The van der Waals surface area contributed by atoms with Crippen LogP contribution in [-0.2, 0) is 6.61 Å². The van der Waals surface area contributed by atoms with Crippen molar-refractivity contribution < 1.29 is 9.47 Å². The lowest BCUT2D eigenvalue weighted by molar-refractivity contribution is 0.306. The van der Waals surface area contributed by atoms with E-state index < -0.39 is 0 Å². The monoisotopic (exact) mass is 353 g/mol. The Bertz CT molecular complexity index is 758. The van der Waals surface area contributed by atoms with Crippen molar-refractivity contribution in [3.63, 3.8) is 0 Å². The van der Waals surface area contributed by atoms with E-state index in [-0.39, 0.29) is 0 Å². The van der Waals surface area contributed by atoms with Crippen LogP contribution in [0.15, 0.2) is 78.9 Å². The van der Waals surface area contributed by atoms with Crippen LogP contribution in [0, 0.1) is 0 Å². The number of nitrogens with one attached hydrogen (secondary N) is 1. The van der Waals surface area contributed by atoms with Gasteiger partial charge in [-0.2, -0.15) is 0 Å². The van der Waals surface area contributed by atoms with Gasteiger partial charge in [0.05, 0.1) is 0 Å². The average molecular weight is 354 g/mol. The van der Waals surface area contributed by atoms with Crippen LogP contribution in [0.2, 0.25) is 5.02 Å². The predicted octanol–water partition coefficient (Wildman–Crippen LogP) is 5.41. The minimum atomic E-state index is 0.572. The molecule has 3 rings (SSSR count). The van der Waals surface area contributed by atoms with Crippen LogP contribution in [-0.4, -0.2) is 13.2 Å². The van der Waals surface area contributed by atoms with E-state index in [4.69, 9.17) is 21.1 Å². The van der Waals surface area contributed by atoms with Gasteiger partial charge in [0, 0.05) is 17.3 Å². The zero-order valence-corrected chi connectivity index (χ0v) is 14.6. The highest BCUT2D eigenvalue weighted by molar-refractivity contribution is 6.30. The molecule has 0 aliphatic rings. The zero-order chi connectivity index (χ0) is 17.3. The molecule has 0 saturated carbocycles. The van der Waals surface area contributed by atoms with E-state index in [2.05, 4.69) is 17.4 Å². The fourth-order valence-electron chi connectivity index (χ4n) is 2.30. The largest absolute Gasteiger partial charge is 0.492 e. The number of benzene rings is 3. The maximum atomic E-state index is 5.84. The van der Waals surface area contributed by atoms with Gasteiger partial charge >= 0.3 is 0 Å². The Labute approximate surface area is 153 Å². The first-order chi connectivity index (χ1) is 12.3. The van der Waals surface area contributed by atoms with Gasteiger partial charge in [-0.15, -0.1) is 0 Å². The Balaban J connectivity index is 1.39. The average Bonchev–Trinajstić information content (AvgIpc) is 2.67. The van der Waals surface area contributed by atoms with E-state index in [1.54, 1.807) is 0 Å². The van der Waals surface area contributed by atoms with Gasteiger partial charge < -0.3 is 14.8 Å². The van der Waals surface area contributed by atoms with Gasteiger partial charge in [0.1, 0.15) is 24.7 Å².